The number of ether oxygens (including phenoxy) is 1. The molecule has 1 aromatic heterocycles. The highest BCUT2D eigenvalue weighted by atomic mass is 32.2. The van der Waals surface area contributed by atoms with Crippen molar-refractivity contribution in [1.82, 2.24) is 14.9 Å². The van der Waals surface area contributed by atoms with Gasteiger partial charge < -0.3 is 10.6 Å². The Balaban J connectivity index is 1.58. The molecule has 0 saturated heterocycles. The van der Waals surface area contributed by atoms with Crippen molar-refractivity contribution < 1.29 is 14.5 Å². The van der Waals surface area contributed by atoms with Gasteiger partial charge in [0.05, 0.1) is 24.0 Å². The van der Waals surface area contributed by atoms with Crippen LogP contribution in [0.2, 0.25) is 0 Å². The van der Waals surface area contributed by atoms with Crippen molar-refractivity contribution in [3.05, 3.63) is 69.8 Å². The van der Waals surface area contributed by atoms with E-state index in [0.717, 1.165) is 16.4 Å². The van der Waals surface area contributed by atoms with E-state index in [1.54, 1.807) is 43.5 Å². The fourth-order valence-electron chi connectivity index (χ4n) is 2.33. The van der Waals surface area contributed by atoms with Crippen molar-refractivity contribution in [2.45, 2.75) is 5.16 Å². The summed E-state index contributed by atoms with van der Waals surface area (Å²) in [6.07, 6.45) is 1.39. The molecule has 0 aliphatic heterocycles. The van der Waals surface area contributed by atoms with Gasteiger partial charge in [-0.25, -0.2) is 10.1 Å². The maximum absolute atomic E-state index is 12.3. The number of non-ortho nitro benzene ring substituents is 1. The molecule has 0 amide bonds. The third-order valence-corrected chi connectivity index (χ3v) is 4.81. The fraction of sp³-hybridized carbons (Fsp3) is 0.111. The van der Waals surface area contributed by atoms with E-state index in [4.69, 9.17) is 10.6 Å². The lowest BCUT2D eigenvalue weighted by molar-refractivity contribution is -0.384. The number of rotatable bonds is 9. The van der Waals surface area contributed by atoms with Crippen LogP contribution < -0.4 is 16.0 Å². The zero-order chi connectivity index (χ0) is 21.5. The first-order valence-corrected chi connectivity index (χ1v) is 9.50. The van der Waals surface area contributed by atoms with Crippen LogP contribution in [0.1, 0.15) is 15.9 Å². The number of carbonyl (C=O) groups is 1. The summed E-state index contributed by atoms with van der Waals surface area (Å²) < 4.78 is 6.23. The minimum absolute atomic E-state index is 0.0406. The zero-order valence-corrected chi connectivity index (χ0v) is 16.6. The molecule has 11 nitrogen and oxygen atoms in total. The predicted molar refractivity (Wildman–Crippen MR) is 113 cm³/mol. The number of carbonyl (C=O) groups excluding carboxylic acids is 1. The highest BCUT2D eigenvalue weighted by molar-refractivity contribution is 7.99. The number of anilines is 1. The lowest BCUT2D eigenvalue weighted by Gasteiger charge is -2.04. The lowest BCUT2D eigenvalue weighted by Crippen LogP contribution is -2.14. The number of nitrogens with one attached hydrogen (secondary N) is 1. The first-order valence-electron chi connectivity index (χ1n) is 8.52. The van der Waals surface area contributed by atoms with E-state index in [2.05, 4.69) is 20.7 Å². The second kappa shape index (κ2) is 9.52. The molecule has 12 heteroatoms. The quantitative estimate of drug-likeness (QED) is 0.131. The van der Waals surface area contributed by atoms with Crippen molar-refractivity contribution in [3.8, 4) is 5.75 Å². The summed E-state index contributed by atoms with van der Waals surface area (Å²) in [5.41, 5.74) is 3.65. The first-order chi connectivity index (χ1) is 14.5. The normalized spacial score (nSPS) is 10.8. The van der Waals surface area contributed by atoms with Crippen LogP contribution in [0.3, 0.4) is 0 Å². The molecule has 154 valence electrons. The van der Waals surface area contributed by atoms with Crippen LogP contribution in [0.5, 0.6) is 5.75 Å². The third kappa shape index (κ3) is 5.11. The average molecular weight is 427 g/mol. The van der Waals surface area contributed by atoms with E-state index in [9.17, 15) is 14.9 Å². The maximum atomic E-state index is 12.3. The number of nitro benzene ring substituents is 1. The molecule has 0 fully saturated rings. The summed E-state index contributed by atoms with van der Waals surface area (Å²) >= 11 is 1.13. The Bertz CT molecular complexity index is 1080. The number of nitro groups is 1. The van der Waals surface area contributed by atoms with Gasteiger partial charge >= 0.3 is 0 Å². The number of ketones is 1. The van der Waals surface area contributed by atoms with Crippen LogP contribution in [-0.2, 0) is 0 Å². The summed E-state index contributed by atoms with van der Waals surface area (Å²) in [6, 6.07) is 12.8. The van der Waals surface area contributed by atoms with E-state index >= 15 is 0 Å². The minimum Gasteiger partial charge on any atom is -0.497 e. The highest BCUT2D eigenvalue weighted by Gasteiger charge is 2.13. The second-order valence-electron chi connectivity index (χ2n) is 5.84. The smallest absolute Gasteiger partial charge is 0.270 e. The number of nitrogens with zero attached hydrogens (tertiary/aromatic N) is 5. The molecule has 0 unspecified atom stereocenters. The lowest BCUT2D eigenvalue weighted by atomic mass is 10.1. The van der Waals surface area contributed by atoms with Crippen molar-refractivity contribution in [2.24, 2.45) is 5.10 Å². The standard InChI is InChI=1S/C18H17N7O4S/c1-29-15-7-5-13(6-8-15)16(26)11-30-18-23-22-17(24(18)19)21-20-10-12-3-2-4-14(9-12)25(27)28/h2-10H,11,19H2,1H3,(H,21,22)/b20-10+. The number of nitrogens with two attached hydrogens (primary N) is 1. The zero-order valence-electron chi connectivity index (χ0n) is 15.8. The average Bonchev–Trinajstić information content (AvgIpc) is 3.11. The van der Waals surface area contributed by atoms with Crippen molar-refractivity contribution in [3.63, 3.8) is 0 Å². The molecule has 0 saturated carbocycles. The van der Waals surface area contributed by atoms with Gasteiger partial charge in [-0.3, -0.25) is 14.9 Å². The number of hydrogen-bond donors (Lipinski definition) is 2. The minimum atomic E-state index is -0.488. The fourth-order valence-corrected chi connectivity index (χ4v) is 3.08. The molecule has 3 N–H and O–H groups in total. The number of nitrogen functional groups attached to an aromatic ring is 1. The number of aromatic nitrogens is 3. The van der Waals surface area contributed by atoms with Crippen LogP contribution >= 0.6 is 11.8 Å². The number of hydrazone groups is 1. The third-order valence-electron chi connectivity index (χ3n) is 3.87. The van der Waals surface area contributed by atoms with Gasteiger partial charge in [0.2, 0.25) is 5.16 Å². The van der Waals surface area contributed by atoms with Crippen LogP contribution in [-0.4, -0.2) is 44.7 Å². The Morgan fingerprint density at radius 2 is 2.10 bits per heavy atom. The largest absolute Gasteiger partial charge is 0.497 e. The molecule has 30 heavy (non-hydrogen) atoms. The number of methoxy groups -OCH3 is 1. The molecule has 2 aromatic carbocycles. The summed E-state index contributed by atoms with van der Waals surface area (Å²) in [5.74, 6) is 6.77. The van der Waals surface area contributed by atoms with Crippen LogP contribution in [0, 0.1) is 10.1 Å². The number of thioether (sulfide) groups is 1. The van der Waals surface area contributed by atoms with Gasteiger partial charge in [-0.2, -0.15) is 5.10 Å². The molecule has 0 radical (unpaired) electrons. The molecule has 0 aliphatic rings. The molecule has 3 aromatic rings. The van der Waals surface area contributed by atoms with Crippen molar-refractivity contribution in [2.75, 3.05) is 24.1 Å². The Morgan fingerprint density at radius 1 is 1.33 bits per heavy atom. The maximum Gasteiger partial charge on any atom is 0.270 e. The molecular formula is C18H17N7O4S. The van der Waals surface area contributed by atoms with Gasteiger partial charge in [0.15, 0.2) is 5.78 Å². The monoisotopic (exact) mass is 427 g/mol. The predicted octanol–water partition coefficient (Wildman–Crippen LogP) is 2.33. The number of benzene rings is 2. The second-order valence-corrected chi connectivity index (χ2v) is 6.78. The molecular weight excluding hydrogens is 410 g/mol. The summed E-state index contributed by atoms with van der Waals surface area (Å²) in [7, 11) is 1.56. The molecule has 0 atom stereocenters. The van der Waals surface area contributed by atoms with Crippen LogP contribution in [0.25, 0.3) is 0 Å². The Kier molecular flexibility index (Phi) is 6.60. The Hall–Kier alpha value is -3.93. The van der Waals surface area contributed by atoms with Crippen molar-refractivity contribution >= 4 is 35.4 Å². The van der Waals surface area contributed by atoms with E-state index in [0.29, 0.717) is 22.0 Å². The molecule has 3 rings (SSSR count). The van der Waals surface area contributed by atoms with Crippen molar-refractivity contribution in [1.29, 1.82) is 0 Å². The van der Waals surface area contributed by atoms with Gasteiger partial charge in [0.1, 0.15) is 5.75 Å². The van der Waals surface area contributed by atoms with Crippen LogP contribution in [0.4, 0.5) is 11.6 Å². The van der Waals surface area contributed by atoms with Crippen LogP contribution in [0.15, 0.2) is 58.8 Å². The summed E-state index contributed by atoms with van der Waals surface area (Å²) in [5, 5.41) is 22.9. The highest BCUT2D eigenvalue weighted by Crippen LogP contribution is 2.19. The SMILES string of the molecule is COc1ccc(C(=O)CSc2nnc(N/N=C/c3cccc([N+](=O)[O-])c3)n2N)cc1. The number of hydrogen-bond acceptors (Lipinski definition) is 10. The van der Waals surface area contributed by atoms with Gasteiger partial charge in [-0.15, -0.1) is 10.2 Å². The molecule has 0 spiro atoms. The van der Waals surface area contributed by atoms with E-state index in [1.807, 2.05) is 0 Å². The summed E-state index contributed by atoms with van der Waals surface area (Å²) in [6.45, 7) is 0. The van der Waals surface area contributed by atoms with E-state index < -0.39 is 4.92 Å². The summed E-state index contributed by atoms with van der Waals surface area (Å²) in [4.78, 5) is 22.6. The molecule has 1 heterocycles. The van der Waals surface area contributed by atoms with Gasteiger partial charge in [0.25, 0.3) is 11.6 Å². The van der Waals surface area contributed by atoms with Gasteiger partial charge in [-0.05, 0) is 24.3 Å². The molecule has 0 bridgehead atoms. The van der Waals surface area contributed by atoms with Gasteiger partial charge in [-0.1, -0.05) is 23.9 Å². The Labute approximate surface area is 175 Å². The van der Waals surface area contributed by atoms with E-state index in [1.165, 1.54) is 18.3 Å². The number of Topliss-reactive ketones (excluding diaryl/α,β-unsaturated/α-hetero) is 1. The topological polar surface area (TPSA) is 151 Å². The first kappa shape index (κ1) is 20.8. The Morgan fingerprint density at radius 3 is 2.80 bits per heavy atom. The van der Waals surface area contributed by atoms with Gasteiger partial charge in [0, 0.05) is 23.3 Å². The molecule has 0 aliphatic carbocycles. The van der Waals surface area contributed by atoms with E-state index in [-0.39, 0.29) is 23.2 Å².